The van der Waals surface area contributed by atoms with Gasteiger partial charge in [0.25, 0.3) is 0 Å². The van der Waals surface area contributed by atoms with Gasteiger partial charge in [0, 0.05) is 16.7 Å². The maximum Gasteiger partial charge on any atom is 0.108 e. The van der Waals surface area contributed by atoms with Crippen molar-refractivity contribution in [3.8, 4) is 0 Å². The predicted octanol–water partition coefficient (Wildman–Crippen LogP) is 4.46. The van der Waals surface area contributed by atoms with Gasteiger partial charge in [-0.05, 0) is 87.4 Å². The van der Waals surface area contributed by atoms with Gasteiger partial charge in [0.1, 0.15) is 6.10 Å². The largest absolute Gasteiger partial charge is 0.392 e. The Labute approximate surface area is 212 Å². The number of fused-ring (bicyclic) bond motifs is 2. The zero-order valence-electron chi connectivity index (χ0n) is 23.1. The minimum absolute atomic E-state index is 0.148. The van der Waals surface area contributed by atoms with E-state index in [1.165, 1.54) is 6.42 Å². The van der Waals surface area contributed by atoms with Gasteiger partial charge < -0.3 is 25.2 Å². The molecule has 1 saturated heterocycles. The van der Waals surface area contributed by atoms with Crippen LogP contribution in [-0.2, 0) is 4.74 Å². The molecule has 4 N–H and O–H groups in total. The Morgan fingerprint density at radius 3 is 2.34 bits per heavy atom. The monoisotopic (exact) mass is 490 g/mol. The third-order valence-electron chi connectivity index (χ3n) is 12.8. The van der Waals surface area contributed by atoms with Crippen LogP contribution in [-0.4, -0.2) is 56.5 Å². The van der Waals surface area contributed by atoms with Crippen molar-refractivity contribution in [3.05, 3.63) is 12.2 Å². The molecule has 2 bridgehead atoms. The molecule has 35 heavy (non-hydrogen) atoms. The second kappa shape index (κ2) is 7.79. The maximum atomic E-state index is 10.9. The minimum Gasteiger partial charge on any atom is -0.392 e. The zero-order chi connectivity index (χ0) is 25.8. The second-order valence-electron chi connectivity index (χ2n) is 14.9. The van der Waals surface area contributed by atoms with E-state index in [1.807, 2.05) is 0 Å². The molecule has 5 nitrogen and oxygen atoms in total. The Balaban J connectivity index is 1.44. The molecular weight excluding hydrogens is 440 g/mol. The summed E-state index contributed by atoms with van der Waals surface area (Å²) in [5, 5.41) is 42.3. The van der Waals surface area contributed by atoms with Crippen molar-refractivity contribution in [1.82, 2.24) is 0 Å². The standard InChI is InChI=1S/C30H50O5/c1-18(16-20(31)24(33)26(4,5)34)19-10-12-28(7)21-11-13-30-22(8-9-23(32)25(30,2)3)29(21,17-35-30)15-14-27(19,28)6/h11,13,18-24,31-34H,8-10,12,14-17H2,1-7H3/t18-,19-,20-,21?,22?,23+,24+,27-,28+,29+,30-/m1/s1. The van der Waals surface area contributed by atoms with E-state index in [0.717, 1.165) is 38.7 Å². The molecular formula is C30H50O5. The van der Waals surface area contributed by atoms with E-state index in [1.54, 1.807) is 13.8 Å². The summed E-state index contributed by atoms with van der Waals surface area (Å²) >= 11 is 0. The van der Waals surface area contributed by atoms with Crippen LogP contribution in [0.2, 0.25) is 0 Å². The maximum absolute atomic E-state index is 10.9. The minimum atomic E-state index is -1.31. The number of hydrogen-bond donors (Lipinski definition) is 4. The molecule has 0 aromatic heterocycles. The van der Waals surface area contributed by atoms with E-state index in [-0.39, 0.29) is 39.3 Å². The molecule has 0 aromatic rings. The Bertz CT molecular complexity index is 876. The third kappa shape index (κ3) is 3.17. The molecule has 4 fully saturated rings. The topological polar surface area (TPSA) is 90.2 Å². The van der Waals surface area contributed by atoms with Gasteiger partial charge in [0.05, 0.1) is 30.0 Å². The van der Waals surface area contributed by atoms with Gasteiger partial charge in [0.2, 0.25) is 0 Å². The molecule has 11 atom stereocenters. The van der Waals surface area contributed by atoms with Crippen molar-refractivity contribution >= 4 is 0 Å². The van der Waals surface area contributed by atoms with Gasteiger partial charge in [0.15, 0.2) is 0 Å². The van der Waals surface area contributed by atoms with Crippen LogP contribution in [0.15, 0.2) is 12.2 Å². The van der Waals surface area contributed by atoms with E-state index < -0.39 is 17.8 Å². The highest BCUT2D eigenvalue weighted by atomic mass is 16.5. The number of ether oxygens (including phenoxy) is 1. The third-order valence-corrected chi connectivity index (χ3v) is 12.8. The summed E-state index contributed by atoms with van der Waals surface area (Å²) in [6, 6.07) is 0. The van der Waals surface area contributed by atoms with E-state index in [4.69, 9.17) is 4.74 Å². The molecule has 0 radical (unpaired) electrons. The molecule has 0 amide bonds. The van der Waals surface area contributed by atoms with Crippen LogP contribution in [0.1, 0.15) is 93.4 Å². The fourth-order valence-electron chi connectivity index (χ4n) is 10.3. The molecule has 3 saturated carbocycles. The van der Waals surface area contributed by atoms with Gasteiger partial charge in [-0.25, -0.2) is 0 Å². The Kier molecular flexibility index (Phi) is 5.82. The summed E-state index contributed by atoms with van der Waals surface area (Å²) in [5.41, 5.74) is -1.50. The summed E-state index contributed by atoms with van der Waals surface area (Å²) < 4.78 is 6.79. The van der Waals surface area contributed by atoms with Gasteiger partial charge in [-0.2, -0.15) is 0 Å². The van der Waals surface area contributed by atoms with Crippen LogP contribution in [0, 0.1) is 45.3 Å². The number of rotatable bonds is 5. The number of hydrogen-bond acceptors (Lipinski definition) is 5. The smallest absolute Gasteiger partial charge is 0.108 e. The second-order valence-corrected chi connectivity index (χ2v) is 14.9. The SMILES string of the molecule is C[C@H](C[C@@H](O)[C@H](O)C(C)(C)O)[C@H]1CC[C@@]2(C)C3C=C[C@@]45OC[C@]3(CC[C@]12C)C4CC[C@H](O)C5(C)C. The van der Waals surface area contributed by atoms with Crippen molar-refractivity contribution in [2.24, 2.45) is 45.3 Å². The summed E-state index contributed by atoms with van der Waals surface area (Å²) in [7, 11) is 0. The van der Waals surface area contributed by atoms with E-state index in [0.29, 0.717) is 24.2 Å². The van der Waals surface area contributed by atoms with Gasteiger partial charge in [-0.3, -0.25) is 0 Å². The van der Waals surface area contributed by atoms with E-state index in [9.17, 15) is 20.4 Å². The van der Waals surface area contributed by atoms with Crippen molar-refractivity contribution in [1.29, 1.82) is 0 Å². The average Bonchev–Trinajstić information content (AvgIpc) is 3.16. The molecule has 1 heterocycles. The summed E-state index contributed by atoms with van der Waals surface area (Å²) in [4.78, 5) is 0. The summed E-state index contributed by atoms with van der Waals surface area (Å²) in [6.45, 7) is 15.6. The molecule has 5 heteroatoms. The first kappa shape index (κ1) is 26.2. The lowest BCUT2D eigenvalue weighted by atomic mass is 9.38. The molecule has 200 valence electrons. The van der Waals surface area contributed by atoms with E-state index >= 15 is 0 Å². The van der Waals surface area contributed by atoms with Gasteiger partial charge in [-0.1, -0.05) is 46.8 Å². The summed E-state index contributed by atoms with van der Waals surface area (Å²) in [6.07, 6.45) is 9.51. The average molecular weight is 491 g/mol. The first-order chi connectivity index (χ1) is 16.1. The molecule has 1 spiro atoms. The fourth-order valence-corrected chi connectivity index (χ4v) is 10.3. The number of aliphatic hydroxyl groups is 4. The summed E-state index contributed by atoms with van der Waals surface area (Å²) in [5.74, 6) is 1.66. The van der Waals surface area contributed by atoms with Crippen LogP contribution >= 0.6 is 0 Å². The van der Waals surface area contributed by atoms with Crippen molar-refractivity contribution < 1.29 is 25.2 Å². The number of allylic oxidation sites excluding steroid dienone is 1. The van der Waals surface area contributed by atoms with Crippen LogP contribution < -0.4 is 0 Å². The van der Waals surface area contributed by atoms with Crippen LogP contribution in [0.25, 0.3) is 0 Å². The van der Waals surface area contributed by atoms with Crippen LogP contribution in [0.5, 0.6) is 0 Å². The quantitative estimate of drug-likeness (QED) is 0.427. The fraction of sp³-hybridized carbons (Fsp3) is 0.933. The lowest BCUT2D eigenvalue weighted by Crippen LogP contribution is -2.64. The van der Waals surface area contributed by atoms with Crippen LogP contribution in [0.4, 0.5) is 0 Å². The number of aliphatic hydroxyl groups excluding tert-OH is 3. The molecule has 1 aliphatic heterocycles. The van der Waals surface area contributed by atoms with Gasteiger partial charge in [-0.15, -0.1) is 0 Å². The lowest BCUT2D eigenvalue weighted by Gasteiger charge is -2.65. The molecule has 4 aliphatic carbocycles. The first-order valence-electron chi connectivity index (χ1n) is 14.2. The van der Waals surface area contributed by atoms with Crippen molar-refractivity contribution in [2.75, 3.05) is 6.61 Å². The van der Waals surface area contributed by atoms with E-state index in [2.05, 4.69) is 46.8 Å². The normalized spacial score (nSPS) is 50.7. The van der Waals surface area contributed by atoms with Crippen molar-refractivity contribution in [3.63, 3.8) is 0 Å². The predicted molar refractivity (Wildman–Crippen MR) is 137 cm³/mol. The molecule has 5 rings (SSSR count). The molecule has 5 aliphatic rings. The first-order valence-corrected chi connectivity index (χ1v) is 14.2. The van der Waals surface area contributed by atoms with Crippen LogP contribution in [0.3, 0.4) is 0 Å². The highest BCUT2D eigenvalue weighted by molar-refractivity contribution is 5.33. The molecule has 0 aromatic carbocycles. The van der Waals surface area contributed by atoms with Gasteiger partial charge >= 0.3 is 0 Å². The Morgan fingerprint density at radius 1 is 1.00 bits per heavy atom. The zero-order valence-corrected chi connectivity index (χ0v) is 23.1. The molecule has 2 unspecified atom stereocenters. The highest BCUT2D eigenvalue weighted by Crippen LogP contribution is 2.77. The highest BCUT2D eigenvalue weighted by Gasteiger charge is 2.75. The lowest BCUT2D eigenvalue weighted by molar-refractivity contribution is -0.169. The Hall–Kier alpha value is -0.460. The Morgan fingerprint density at radius 2 is 1.69 bits per heavy atom. The van der Waals surface area contributed by atoms with Crippen molar-refractivity contribution in [2.45, 2.75) is 123 Å².